The largest absolute Gasteiger partial charge is 0.493 e. The van der Waals surface area contributed by atoms with E-state index in [1.165, 1.54) is 32.4 Å². The van der Waals surface area contributed by atoms with Crippen LogP contribution in [0.1, 0.15) is 27.0 Å². The number of carbonyl (C=O) groups is 2. The molecule has 0 aromatic heterocycles. The summed E-state index contributed by atoms with van der Waals surface area (Å²) in [5.74, 6) is -0.565. The molecule has 0 atom stereocenters. The first-order chi connectivity index (χ1) is 15.8. The van der Waals surface area contributed by atoms with Crippen LogP contribution in [0.15, 0.2) is 60.7 Å². The molecule has 33 heavy (non-hydrogen) atoms. The Labute approximate surface area is 189 Å². The quantitative estimate of drug-likeness (QED) is 0.246. The van der Waals surface area contributed by atoms with Crippen LogP contribution < -0.4 is 14.4 Å². The minimum atomic E-state index is -0.576. The number of benzene rings is 3. The van der Waals surface area contributed by atoms with Gasteiger partial charge in [-0.05, 0) is 48.4 Å². The first-order valence-corrected chi connectivity index (χ1v) is 10.0. The van der Waals surface area contributed by atoms with Crippen molar-refractivity contribution in [1.82, 2.24) is 0 Å². The van der Waals surface area contributed by atoms with Gasteiger partial charge in [-0.2, -0.15) is 0 Å². The number of nitro groups is 1. The van der Waals surface area contributed by atoms with Crippen LogP contribution in [0.25, 0.3) is 11.6 Å². The van der Waals surface area contributed by atoms with E-state index in [2.05, 4.69) is 0 Å². The van der Waals surface area contributed by atoms with Crippen molar-refractivity contribution in [3.8, 4) is 11.5 Å². The molecule has 3 aromatic carbocycles. The standard InChI is InChI=1S/C25H20N2O6/c1-15-7-6-8-17(11-15)26-24(28)19-10-5-4-9-18(19)20(25(26)29)12-16-13-22(32-2)23(33-3)14-21(16)27(30)31/h4-14H,1-3H3. The van der Waals surface area contributed by atoms with Gasteiger partial charge in [-0.25, -0.2) is 4.90 Å². The zero-order valence-corrected chi connectivity index (χ0v) is 18.2. The second kappa shape index (κ2) is 8.58. The second-order valence-electron chi connectivity index (χ2n) is 7.41. The summed E-state index contributed by atoms with van der Waals surface area (Å²) in [7, 11) is 2.80. The minimum absolute atomic E-state index is 0.148. The summed E-state index contributed by atoms with van der Waals surface area (Å²) in [5, 5.41) is 11.8. The average Bonchev–Trinajstić information content (AvgIpc) is 2.81. The van der Waals surface area contributed by atoms with Crippen molar-refractivity contribution < 1.29 is 24.0 Å². The number of hydrogen-bond acceptors (Lipinski definition) is 6. The van der Waals surface area contributed by atoms with Crippen LogP contribution >= 0.6 is 0 Å². The van der Waals surface area contributed by atoms with Gasteiger partial charge in [0, 0.05) is 11.1 Å². The van der Waals surface area contributed by atoms with Gasteiger partial charge in [0.2, 0.25) is 0 Å². The van der Waals surface area contributed by atoms with E-state index in [9.17, 15) is 19.7 Å². The van der Waals surface area contributed by atoms with Crippen LogP contribution in [-0.4, -0.2) is 31.0 Å². The fraction of sp³-hybridized carbons (Fsp3) is 0.120. The van der Waals surface area contributed by atoms with Crippen molar-refractivity contribution in [2.24, 2.45) is 0 Å². The number of hydrogen-bond donors (Lipinski definition) is 0. The number of aryl methyl sites for hydroxylation is 1. The molecule has 2 amide bonds. The number of rotatable bonds is 5. The van der Waals surface area contributed by atoms with Crippen molar-refractivity contribution in [3.05, 3.63) is 93.0 Å². The van der Waals surface area contributed by atoms with E-state index in [4.69, 9.17) is 9.47 Å². The van der Waals surface area contributed by atoms with E-state index in [1.54, 1.807) is 42.5 Å². The molecular formula is C25H20N2O6. The van der Waals surface area contributed by atoms with Gasteiger partial charge in [-0.15, -0.1) is 0 Å². The fourth-order valence-electron chi connectivity index (χ4n) is 3.81. The molecule has 1 aliphatic heterocycles. The summed E-state index contributed by atoms with van der Waals surface area (Å²) < 4.78 is 10.5. The molecular weight excluding hydrogens is 424 g/mol. The molecule has 8 heteroatoms. The number of carbonyl (C=O) groups excluding carboxylic acids is 2. The lowest BCUT2D eigenvalue weighted by Crippen LogP contribution is -2.41. The van der Waals surface area contributed by atoms with Gasteiger partial charge in [-0.3, -0.25) is 19.7 Å². The van der Waals surface area contributed by atoms with Gasteiger partial charge < -0.3 is 9.47 Å². The molecule has 0 bridgehead atoms. The molecule has 0 aliphatic carbocycles. The highest BCUT2D eigenvalue weighted by molar-refractivity contribution is 6.43. The first-order valence-electron chi connectivity index (χ1n) is 10.0. The molecule has 0 radical (unpaired) electrons. The summed E-state index contributed by atoms with van der Waals surface area (Å²) >= 11 is 0. The Morgan fingerprint density at radius 1 is 0.879 bits per heavy atom. The Hall–Kier alpha value is -4.46. The van der Waals surface area contributed by atoms with Gasteiger partial charge in [0.05, 0.1) is 36.5 Å². The van der Waals surface area contributed by atoms with Crippen molar-refractivity contribution >= 4 is 34.8 Å². The normalized spacial score (nSPS) is 14.3. The smallest absolute Gasteiger partial charge is 0.280 e. The highest BCUT2D eigenvalue weighted by Gasteiger charge is 2.36. The minimum Gasteiger partial charge on any atom is -0.493 e. The first kappa shape index (κ1) is 21.8. The van der Waals surface area contributed by atoms with Crippen molar-refractivity contribution in [2.45, 2.75) is 6.92 Å². The van der Waals surface area contributed by atoms with Gasteiger partial charge in [0.15, 0.2) is 11.5 Å². The Morgan fingerprint density at radius 3 is 2.18 bits per heavy atom. The Balaban J connectivity index is 1.96. The fourth-order valence-corrected chi connectivity index (χ4v) is 3.81. The van der Waals surface area contributed by atoms with E-state index in [1.807, 2.05) is 13.0 Å². The molecule has 4 rings (SSSR count). The number of imide groups is 1. The third kappa shape index (κ3) is 3.82. The summed E-state index contributed by atoms with van der Waals surface area (Å²) in [5.41, 5.74) is 2.08. The number of nitrogens with zero attached hydrogens (tertiary/aromatic N) is 2. The number of anilines is 1. The summed E-state index contributed by atoms with van der Waals surface area (Å²) in [6.45, 7) is 1.86. The third-order valence-corrected chi connectivity index (χ3v) is 5.37. The molecule has 0 saturated carbocycles. The molecule has 166 valence electrons. The Kier molecular flexibility index (Phi) is 5.66. The molecule has 0 N–H and O–H groups in total. The maximum Gasteiger partial charge on any atom is 0.280 e. The number of methoxy groups -OCH3 is 2. The van der Waals surface area contributed by atoms with Crippen molar-refractivity contribution in [2.75, 3.05) is 19.1 Å². The van der Waals surface area contributed by atoms with Crippen LogP contribution in [0.5, 0.6) is 11.5 Å². The zero-order chi connectivity index (χ0) is 23.7. The van der Waals surface area contributed by atoms with E-state index in [0.717, 1.165) is 10.5 Å². The molecule has 0 unspecified atom stereocenters. The number of nitro benzene ring substituents is 1. The predicted octanol–water partition coefficient (Wildman–Crippen LogP) is 4.65. The molecule has 0 fully saturated rings. The van der Waals surface area contributed by atoms with Gasteiger partial charge >= 0.3 is 0 Å². The lowest BCUT2D eigenvalue weighted by atomic mass is 9.91. The van der Waals surface area contributed by atoms with E-state index in [0.29, 0.717) is 16.8 Å². The van der Waals surface area contributed by atoms with Crippen LogP contribution in [0.3, 0.4) is 0 Å². The van der Waals surface area contributed by atoms with Crippen molar-refractivity contribution in [1.29, 1.82) is 0 Å². The Morgan fingerprint density at radius 2 is 1.55 bits per heavy atom. The lowest BCUT2D eigenvalue weighted by molar-refractivity contribution is -0.385. The Bertz CT molecular complexity index is 1330. The number of fused-ring (bicyclic) bond motifs is 1. The highest BCUT2D eigenvalue weighted by Crippen LogP contribution is 2.39. The monoisotopic (exact) mass is 444 g/mol. The average molecular weight is 444 g/mol. The van der Waals surface area contributed by atoms with Crippen molar-refractivity contribution in [3.63, 3.8) is 0 Å². The van der Waals surface area contributed by atoms with Gasteiger partial charge in [0.1, 0.15) is 0 Å². The summed E-state index contributed by atoms with van der Waals surface area (Å²) in [6.07, 6.45) is 1.41. The SMILES string of the molecule is COc1cc(C=C2C(=O)N(c3cccc(C)c3)C(=O)c3ccccc32)c([N+](=O)[O-])cc1OC. The number of amides is 2. The molecule has 8 nitrogen and oxygen atoms in total. The zero-order valence-electron chi connectivity index (χ0n) is 18.2. The second-order valence-corrected chi connectivity index (χ2v) is 7.41. The van der Waals surface area contributed by atoms with Crippen LogP contribution in [0.4, 0.5) is 11.4 Å². The highest BCUT2D eigenvalue weighted by atomic mass is 16.6. The molecule has 0 spiro atoms. The molecule has 1 aliphatic rings. The molecule has 0 saturated heterocycles. The van der Waals surface area contributed by atoms with Gasteiger partial charge in [0.25, 0.3) is 17.5 Å². The topological polar surface area (TPSA) is 99.0 Å². The molecule has 1 heterocycles. The van der Waals surface area contributed by atoms with E-state index in [-0.39, 0.29) is 28.3 Å². The van der Waals surface area contributed by atoms with Gasteiger partial charge in [-0.1, -0.05) is 30.3 Å². The summed E-state index contributed by atoms with van der Waals surface area (Å²) in [4.78, 5) is 39.1. The van der Waals surface area contributed by atoms with E-state index >= 15 is 0 Å². The molecule has 3 aromatic rings. The predicted molar refractivity (Wildman–Crippen MR) is 124 cm³/mol. The van der Waals surface area contributed by atoms with Crippen LogP contribution in [0, 0.1) is 17.0 Å². The number of ether oxygens (including phenoxy) is 2. The summed E-state index contributed by atoms with van der Waals surface area (Å²) in [6, 6.07) is 16.4. The third-order valence-electron chi connectivity index (χ3n) is 5.37. The van der Waals surface area contributed by atoms with Crippen LogP contribution in [0.2, 0.25) is 0 Å². The maximum absolute atomic E-state index is 13.6. The van der Waals surface area contributed by atoms with E-state index < -0.39 is 16.7 Å². The lowest BCUT2D eigenvalue weighted by Gasteiger charge is -2.29. The van der Waals surface area contributed by atoms with Crippen LogP contribution in [-0.2, 0) is 4.79 Å². The maximum atomic E-state index is 13.6.